The number of hydrogen-bond acceptors (Lipinski definition) is 7. The van der Waals surface area contributed by atoms with Crippen molar-refractivity contribution in [2.24, 2.45) is 0 Å². The summed E-state index contributed by atoms with van der Waals surface area (Å²) >= 11 is 0. The number of methoxy groups -OCH3 is 1. The Kier molecular flexibility index (Phi) is 7.26. The van der Waals surface area contributed by atoms with Gasteiger partial charge in [-0.2, -0.15) is 12.7 Å². The molecule has 1 heterocycles. The Labute approximate surface area is 182 Å². The van der Waals surface area contributed by atoms with E-state index in [9.17, 15) is 16.8 Å². The Morgan fingerprint density at radius 3 is 2.35 bits per heavy atom. The van der Waals surface area contributed by atoms with Crippen molar-refractivity contribution in [1.82, 2.24) is 9.29 Å². The van der Waals surface area contributed by atoms with Gasteiger partial charge in [-0.3, -0.25) is 4.98 Å². The van der Waals surface area contributed by atoms with Gasteiger partial charge in [0.1, 0.15) is 10.6 Å². The van der Waals surface area contributed by atoms with E-state index in [1.807, 2.05) is 12.1 Å². The lowest BCUT2D eigenvalue weighted by molar-refractivity contribution is 0.186. The number of hydrogen-bond donors (Lipinski definition) is 0. The van der Waals surface area contributed by atoms with Crippen molar-refractivity contribution in [2.45, 2.75) is 17.9 Å². The van der Waals surface area contributed by atoms with Crippen molar-refractivity contribution in [3.63, 3.8) is 0 Å². The first-order valence-corrected chi connectivity index (χ1v) is 12.8. The molecule has 8 nitrogen and oxygen atoms in total. The quantitative estimate of drug-likeness (QED) is 0.336. The molecule has 0 spiro atoms. The molecule has 2 aromatic carbocycles. The number of fused-ring (bicyclic) bond motifs is 1. The maximum Gasteiger partial charge on any atom is 0.306 e. The van der Waals surface area contributed by atoms with Crippen LogP contribution in [0.3, 0.4) is 0 Å². The molecule has 0 bridgehead atoms. The summed E-state index contributed by atoms with van der Waals surface area (Å²) in [4.78, 5) is 4.41. The highest BCUT2D eigenvalue weighted by Crippen LogP contribution is 2.26. The Morgan fingerprint density at radius 1 is 0.968 bits per heavy atom. The second-order valence-corrected chi connectivity index (χ2v) is 10.4. The zero-order valence-corrected chi connectivity index (χ0v) is 18.9. The molecular formula is C21H24N2O6S2. The maximum atomic E-state index is 13.5. The van der Waals surface area contributed by atoms with Crippen molar-refractivity contribution in [1.29, 1.82) is 0 Å². The molecule has 0 saturated carbocycles. The third kappa shape index (κ3) is 6.01. The lowest BCUT2D eigenvalue weighted by Gasteiger charge is -2.23. The predicted molar refractivity (Wildman–Crippen MR) is 118 cm³/mol. The molecule has 3 aromatic rings. The van der Waals surface area contributed by atoms with Crippen molar-refractivity contribution in [3.8, 4) is 5.75 Å². The first-order valence-electron chi connectivity index (χ1n) is 9.52. The third-order valence-corrected chi connectivity index (χ3v) is 6.87. The van der Waals surface area contributed by atoms with Crippen LogP contribution in [-0.2, 0) is 31.4 Å². The molecule has 0 saturated heterocycles. The van der Waals surface area contributed by atoms with Gasteiger partial charge >= 0.3 is 10.1 Å². The second-order valence-electron chi connectivity index (χ2n) is 6.95. The molecule has 0 radical (unpaired) electrons. The summed E-state index contributed by atoms with van der Waals surface area (Å²) in [6.07, 6.45) is 3.05. The Morgan fingerprint density at radius 2 is 1.68 bits per heavy atom. The van der Waals surface area contributed by atoms with Crippen molar-refractivity contribution < 1.29 is 25.8 Å². The summed E-state index contributed by atoms with van der Waals surface area (Å²) in [6.45, 7) is 0.774. The number of pyridine rings is 1. The zero-order chi connectivity index (χ0) is 22.5. The molecule has 0 atom stereocenters. The van der Waals surface area contributed by atoms with E-state index in [0.717, 1.165) is 11.6 Å². The molecule has 1 aromatic heterocycles. The predicted octanol–water partition coefficient (Wildman–Crippen LogP) is 2.80. The number of nitrogens with zero attached hydrogens (tertiary/aromatic N) is 2. The Hall–Kier alpha value is -2.53. The van der Waals surface area contributed by atoms with Crippen LogP contribution in [0.15, 0.2) is 65.7 Å². The molecule has 166 valence electrons. The van der Waals surface area contributed by atoms with E-state index in [2.05, 4.69) is 4.98 Å². The smallest absolute Gasteiger partial charge is 0.306 e. The van der Waals surface area contributed by atoms with Gasteiger partial charge in [0.2, 0.25) is 10.0 Å². The van der Waals surface area contributed by atoms with E-state index in [1.54, 1.807) is 43.6 Å². The van der Waals surface area contributed by atoms with Gasteiger partial charge in [0.15, 0.2) is 0 Å². The van der Waals surface area contributed by atoms with Crippen LogP contribution >= 0.6 is 0 Å². The monoisotopic (exact) mass is 464 g/mol. The number of para-hydroxylation sites is 1. The molecule has 0 fully saturated rings. The standard InChI is InChI=1S/C21H24N2O6S2/c1-28-15-5-14-23(16-17-9-11-19(12-10-17)29-30(2,24)25)31(26,27)20-8-3-6-18-7-4-13-22-21(18)20/h3-4,6-13H,5,14-16H2,1-2H3. The van der Waals surface area contributed by atoms with Gasteiger partial charge in [0.05, 0.1) is 11.8 Å². The van der Waals surface area contributed by atoms with E-state index in [4.69, 9.17) is 8.92 Å². The average molecular weight is 465 g/mol. The minimum Gasteiger partial charge on any atom is -0.385 e. The summed E-state index contributed by atoms with van der Waals surface area (Å²) in [5.41, 5.74) is 1.11. The molecule has 0 amide bonds. The fourth-order valence-corrected chi connectivity index (χ4v) is 5.21. The number of rotatable bonds is 10. The molecule has 0 unspecified atom stereocenters. The minimum atomic E-state index is -3.86. The highest BCUT2D eigenvalue weighted by atomic mass is 32.2. The summed E-state index contributed by atoms with van der Waals surface area (Å²) < 4.78 is 60.9. The average Bonchev–Trinajstić information content (AvgIpc) is 2.73. The highest BCUT2D eigenvalue weighted by molar-refractivity contribution is 7.89. The molecular weight excluding hydrogens is 440 g/mol. The topological polar surface area (TPSA) is 103 Å². The van der Waals surface area contributed by atoms with Crippen molar-refractivity contribution >= 4 is 31.0 Å². The lowest BCUT2D eigenvalue weighted by atomic mass is 10.2. The fraction of sp³-hybridized carbons (Fsp3) is 0.286. The summed E-state index contributed by atoms with van der Waals surface area (Å²) in [7, 11) is -5.93. The first-order chi connectivity index (χ1) is 14.7. The largest absolute Gasteiger partial charge is 0.385 e. The van der Waals surface area contributed by atoms with Gasteiger partial charge < -0.3 is 8.92 Å². The molecule has 0 N–H and O–H groups in total. The number of ether oxygens (including phenoxy) is 1. The Bertz CT molecular complexity index is 1240. The summed E-state index contributed by atoms with van der Waals surface area (Å²) in [5.74, 6) is 0.165. The van der Waals surface area contributed by atoms with Crippen LogP contribution in [0.25, 0.3) is 10.9 Å². The van der Waals surface area contributed by atoms with Crippen molar-refractivity contribution in [2.75, 3.05) is 26.5 Å². The molecule has 0 aliphatic heterocycles. The van der Waals surface area contributed by atoms with E-state index in [1.165, 1.54) is 16.4 Å². The van der Waals surface area contributed by atoms with Crippen LogP contribution in [0, 0.1) is 0 Å². The van der Waals surface area contributed by atoms with Crippen LogP contribution < -0.4 is 4.18 Å². The fourth-order valence-electron chi connectivity index (χ4n) is 3.12. The van der Waals surface area contributed by atoms with Crippen molar-refractivity contribution in [3.05, 3.63) is 66.4 Å². The number of aromatic nitrogens is 1. The number of sulfonamides is 1. The van der Waals surface area contributed by atoms with E-state index < -0.39 is 20.1 Å². The Balaban J connectivity index is 1.92. The highest BCUT2D eigenvalue weighted by Gasteiger charge is 2.27. The SMILES string of the molecule is COCCCN(Cc1ccc(OS(C)(=O)=O)cc1)S(=O)(=O)c1cccc2cccnc12. The van der Waals surface area contributed by atoms with Gasteiger partial charge in [-0.05, 0) is 36.2 Å². The van der Waals surface area contributed by atoms with Gasteiger partial charge in [-0.1, -0.05) is 30.3 Å². The van der Waals surface area contributed by atoms with Gasteiger partial charge in [-0.15, -0.1) is 0 Å². The summed E-state index contributed by atoms with van der Waals surface area (Å²) in [5, 5.41) is 0.739. The normalized spacial score (nSPS) is 12.4. The van der Waals surface area contributed by atoms with Gasteiger partial charge in [-0.25, -0.2) is 8.42 Å². The zero-order valence-electron chi connectivity index (χ0n) is 17.3. The minimum absolute atomic E-state index is 0.106. The van der Waals surface area contributed by atoms with Crippen LogP contribution in [-0.4, -0.2) is 52.6 Å². The molecule has 31 heavy (non-hydrogen) atoms. The lowest BCUT2D eigenvalue weighted by Crippen LogP contribution is -2.32. The maximum absolute atomic E-state index is 13.5. The van der Waals surface area contributed by atoms with Crippen LogP contribution in [0.4, 0.5) is 0 Å². The third-order valence-electron chi connectivity index (χ3n) is 4.50. The first kappa shape index (κ1) is 23.1. The van der Waals surface area contributed by atoms with Crippen LogP contribution in [0.2, 0.25) is 0 Å². The van der Waals surface area contributed by atoms with Crippen LogP contribution in [0.5, 0.6) is 5.75 Å². The molecule has 3 rings (SSSR count). The number of benzene rings is 2. The van der Waals surface area contributed by atoms with Gasteiger partial charge in [0, 0.05) is 38.4 Å². The van der Waals surface area contributed by atoms with Crippen LogP contribution in [0.1, 0.15) is 12.0 Å². The van der Waals surface area contributed by atoms with E-state index in [-0.39, 0.29) is 23.7 Å². The van der Waals surface area contributed by atoms with Gasteiger partial charge in [0.25, 0.3) is 0 Å². The molecule has 10 heteroatoms. The summed E-state index contributed by atoms with van der Waals surface area (Å²) in [6, 6.07) is 14.9. The second kappa shape index (κ2) is 9.73. The van der Waals surface area contributed by atoms with E-state index in [0.29, 0.717) is 24.1 Å². The molecule has 0 aliphatic rings. The van der Waals surface area contributed by atoms with E-state index >= 15 is 0 Å². The molecule has 0 aliphatic carbocycles.